The molecule has 2 fully saturated rings. The number of hydrogen-bond donors (Lipinski definition) is 1. The summed E-state index contributed by atoms with van der Waals surface area (Å²) in [6.07, 6.45) is -0.592. The van der Waals surface area contributed by atoms with Gasteiger partial charge in [-0.1, -0.05) is 29.3 Å². The summed E-state index contributed by atoms with van der Waals surface area (Å²) in [5.41, 5.74) is 0.926. The zero-order valence-electron chi connectivity index (χ0n) is 12.1. The Kier molecular flexibility index (Phi) is 5.21. The van der Waals surface area contributed by atoms with Crippen LogP contribution < -0.4 is 5.32 Å². The normalized spacial score (nSPS) is 26.0. The molecule has 0 spiro atoms. The average Bonchev–Trinajstić information content (AvgIpc) is 2.57. The maximum absolute atomic E-state index is 12.5. The first-order valence-electron chi connectivity index (χ1n) is 7.33. The zero-order chi connectivity index (χ0) is 15.5. The average molecular weight is 345 g/mol. The molecule has 22 heavy (non-hydrogen) atoms. The molecule has 2 heterocycles. The van der Waals surface area contributed by atoms with Crippen LogP contribution in [0.1, 0.15) is 11.7 Å². The number of hydrogen-bond acceptors (Lipinski definition) is 4. The first kappa shape index (κ1) is 16.0. The molecule has 2 atom stereocenters. The van der Waals surface area contributed by atoms with Crippen LogP contribution in [-0.2, 0) is 14.3 Å². The van der Waals surface area contributed by atoms with E-state index in [0.29, 0.717) is 42.9 Å². The monoisotopic (exact) mass is 344 g/mol. The minimum atomic E-state index is -0.402. The quantitative estimate of drug-likeness (QED) is 0.889. The van der Waals surface area contributed by atoms with Gasteiger partial charge in [0.05, 0.1) is 29.8 Å². The van der Waals surface area contributed by atoms with Crippen molar-refractivity contribution in [2.24, 2.45) is 0 Å². The molecule has 0 bridgehead atoms. The standard InChI is InChI=1S/C15H18Cl2N2O3/c16-11-2-1-10(7-12(11)17)14-9-19(4-6-22-14)15(20)13-8-18-3-5-21-13/h1-2,7,13-14,18H,3-6,8-9H2. The van der Waals surface area contributed by atoms with E-state index in [1.54, 1.807) is 17.0 Å². The number of nitrogens with one attached hydrogen (secondary N) is 1. The van der Waals surface area contributed by atoms with Gasteiger partial charge in [0.25, 0.3) is 5.91 Å². The Balaban J connectivity index is 1.68. The third-order valence-corrected chi connectivity index (χ3v) is 4.64. The number of morpholine rings is 2. The molecule has 2 aliphatic heterocycles. The minimum Gasteiger partial charge on any atom is -0.370 e. The van der Waals surface area contributed by atoms with Gasteiger partial charge in [0.15, 0.2) is 0 Å². The molecular weight excluding hydrogens is 327 g/mol. The van der Waals surface area contributed by atoms with Crippen molar-refractivity contribution in [1.82, 2.24) is 10.2 Å². The van der Waals surface area contributed by atoms with Crippen molar-refractivity contribution in [3.63, 3.8) is 0 Å². The van der Waals surface area contributed by atoms with E-state index in [2.05, 4.69) is 5.32 Å². The molecule has 1 N–H and O–H groups in total. The second kappa shape index (κ2) is 7.15. The summed E-state index contributed by atoms with van der Waals surface area (Å²) in [4.78, 5) is 14.3. The van der Waals surface area contributed by atoms with E-state index in [4.69, 9.17) is 32.7 Å². The number of nitrogens with zero attached hydrogens (tertiary/aromatic N) is 1. The Morgan fingerprint density at radius 3 is 2.82 bits per heavy atom. The smallest absolute Gasteiger partial charge is 0.253 e. The number of carbonyl (C=O) groups is 1. The van der Waals surface area contributed by atoms with Gasteiger partial charge in [-0.15, -0.1) is 0 Å². The number of carbonyl (C=O) groups excluding carboxylic acids is 1. The SMILES string of the molecule is O=C(C1CNCCO1)N1CCOC(c2ccc(Cl)c(Cl)c2)C1. The highest BCUT2D eigenvalue weighted by atomic mass is 35.5. The molecule has 2 unspecified atom stereocenters. The van der Waals surface area contributed by atoms with Gasteiger partial charge in [-0.25, -0.2) is 0 Å². The fourth-order valence-corrected chi connectivity index (χ4v) is 3.00. The molecule has 1 aromatic carbocycles. The van der Waals surface area contributed by atoms with Crippen molar-refractivity contribution < 1.29 is 14.3 Å². The van der Waals surface area contributed by atoms with Crippen molar-refractivity contribution >= 4 is 29.1 Å². The number of rotatable bonds is 2. The third-order valence-electron chi connectivity index (χ3n) is 3.90. The van der Waals surface area contributed by atoms with Crippen LogP contribution >= 0.6 is 23.2 Å². The van der Waals surface area contributed by atoms with E-state index in [1.807, 2.05) is 6.07 Å². The van der Waals surface area contributed by atoms with Crippen molar-refractivity contribution in [3.8, 4) is 0 Å². The molecule has 0 aliphatic carbocycles. The van der Waals surface area contributed by atoms with Gasteiger partial charge in [-0.2, -0.15) is 0 Å². The first-order valence-corrected chi connectivity index (χ1v) is 8.08. The summed E-state index contributed by atoms with van der Waals surface area (Å²) in [5, 5.41) is 4.18. The Labute approximate surface area is 139 Å². The second-order valence-electron chi connectivity index (χ2n) is 5.38. The predicted octanol–water partition coefficient (Wildman–Crippen LogP) is 1.88. The Hall–Kier alpha value is -0.850. The van der Waals surface area contributed by atoms with Gasteiger partial charge in [0.2, 0.25) is 0 Å². The molecule has 0 saturated carbocycles. The second-order valence-corrected chi connectivity index (χ2v) is 6.20. The summed E-state index contributed by atoms with van der Waals surface area (Å²) < 4.78 is 11.3. The first-order chi connectivity index (χ1) is 10.6. The van der Waals surface area contributed by atoms with Gasteiger partial charge >= 0.3 is 0 Å². The van der Waals surface area contributed by atoms with Crippen LogP contribution in [0.2, 0.25) is 10.0 Å². The van der Waals surface area contributed by atoms with Crippen molar-refractivity contribution in [2.45, 2.75) is 12.2 Å². The fraction of sp³-hybridized carbons (Fsp3) is 0.533. The van der Waals surface area contributed by atoms with Gasteiger partial charge in [0, 0.05) is 19.6 Å². The van der Waals surface area contributed by atoms with Gasteiger partial charge < -0.3 is 19.7 Å². The number of benzene rings is 1. The lowest BCUT2D eigenvalue weighted by molar-refractivity contribution is -0.152. The summed E-state index contributed by atoms with van der Waals surface area (Å²) >= 11 is 12.0. The Morgan fingerprint density at radius 2 is 2.09 bits per heavy atom. The lowest BCUT2D eigenvalue weighted by Crippen LogP contribution is -2.52. The molecule has 7 heteroatoms. The third kappa shape index (κ3) is 3.55. The van der Waals surface area contributed by atoms with Crippen LogP contribution in [0.15, 0.2) is 18.2 Å². The van der Waals surface area contributed by atoms with Crippen molar-refractivity contribution in [1.29, 1.82) is 0 Å². The predicted molar refractivity (Wildman–Crippen MR) is 84.3 cm³/mol. The van der Waals surface area contributed by atoms with E-state index < -0.39 is 6.10 Å². The van der Waals surface area contributed by atoms with Crippen molar-refractivity contribution in [3.05, 3.63) is 33.8 Å². The summed E-state index contributed by atoms with van der Waals surface area (Å²) in [5.74, 6) is 0.0144. The molecule has 5 nitrogen and oxygen atoms in total. The summed E-state index contributed by atoms with van der Waals surface area (Å²) in [7, 11) is 0. The Bertz CT molecular complexity index is 550. The molecule has 120 valence electrons. The molecule has 2 aliphatic rings. The summed E-state index contributed by atoms with van der Waals surface area (Å²) in [6, 6.07) is 5.42. The minimum absolute atomic E-state index is 0.0144. The highest BCUT2D eigenvalue weighted by Gasteiger charge is 2.31. The van der Waals surface area contributed by atoms with E-state index in [9.17, 15) is 4.79 Å². The van der Waals surface area contributed by atoms with Crippen LogP contribution in [0.25, 0.3) is 0 Å². The number of ether oxygens (including phenoxy) is 2. The molecule has 1 amide bonds. The topological polar surface area (TPSA) is 50.8 Å². The summed E-state index contributed by atoms with van der Waals surface area (Å²) in [6.45, 7) is 3.49. The fourth-order valence-electron chi connectivity index (χ4n) is 2.69. The van der Waals surface area contributed by atoms with E-state index in [0.717, 1.165) is 12.1 Å². The number of halogens is 2. The Morgan fingerprint density at radius 1 is 1.23 bits per heavy atom. The van der Waals surface area contributed by atoms with Gasteiger partial charge in [-0.3, -0.25) is 4.79 Å². The van der Waals surface area contributed by atoms with Crippen molar-refractivity contribution in [2.75, 3.05) is 39.4 Å². The molecule has 1 aromatic rings. The van der Waals surface area contributed by atoms with E-state index in [-0.39, 0.29) is 12.0 Å². The van der Waals surface area contributed by atoms with Crippen LogP contribution in [0.5, 0.6) is 0 Å². The van der Waals surface area contributed by atoms with Crippen LogP contribution in [-0.4, -0.2) is 56.3 Å². The molecule has 3 rings (SSSR count). The lowest BCUT2D eigenvalue weighted by Gasteiger charge is -2.36. The molecular formula is C15H18Cl2N2O3. The maximum atomic E-state index is 12.5. The lowest BCUT2D eigenvalue weighted by atomic mass is 10.1. The molecule has 0 aromatic heterocycles. The zero-order valence-corrected chi connectivity index (χ0v) is 13.6. The number of amides is 1. The maximum Gasteiger partial charge on any atom is 0.253 e. The highest BCUT2D eigenvalue weighted by Crippen LogP contribution is 2.29. The van der Waals surface area contributed by atoms with Crippen LogP contribution in [0.3, 0.4) is 0 Å². The van der Waals surface area contributed by atoms with Crippen LogP contribution in [0.4, 0.5) is 0 Å². The van der Waals surface area contributed by atoms with E-state index in [1.165, 1.54) is 0 Å². The molecule has 2 saturated heterocycles. The largest absolute Gasteiger partial charge is 0.370 e. The van der Waals surface area contributed by atoms with Crippen LogP contribution in [0, 0.1) is 0 Å². The van der Waals surface area contributed by atoms with Gasteiger partial charge in [0.1, 0.15) is 12.2 Å². The van der Waals surface area contributed by atoms with E-state index >= 15 is 0 Å². The highest BCUT2D eigenvalue weighted by molar-refractivity contribution is 6.42. The van der Waals surface area contributed by atoms with Gasteiger partial charge in [-0.05, 0) is 17.7 Å². The molecule has 0 radical (unpaired) electrons.